The molecule has 0 aromatic heterocycles. The quantitative estimate of drug-likeness (QED) is 0.371. The smallest absolute Gasteiger partial charge is 0.414 e. The Labute approximate surface area is 218 Å². The number of fused-ring (bicyclic) bond motifs is 2. The van der Waals surface area contributed by atoms with Gasteiger partial charge in [0.05, 0.1) is 38.1 Å². The third kappa shape index (κ3) is 4.87. The van der Waals surface area contributed by atoms with E-state index >= 15 is 0 Å². The first-order valence-electron chi connectivity index (χ1n) is 11.5. The lowest BCUT2D eigenvalue weighted by molar-refractivity contribution is 0.0292. The van der Waals surface area contributed by atoms with Crippen LogP contribution in [0.1, 0.15) is 28.8 Å². The summed E-state index contributed by atoms with van der Waals surface area (Å²) in [5.74, 6) is 1.17. The van der Waals surface area contributed by atoms with Gasteiger partial charge in [-0.05, 0) is 42.2 Å². The number of hydrogen-bond acceptors (Lipinski definition) is 6. The van der Waals surface area contributed by atoms with Gasteiger partial charge in [-0.2, -0.15) is 0 Å². The number of methoxy groups -OCH3 is 3. The summed E-state index contributed by atoms with van der Waals surface area (Å²) in [6.07, 6.45) is 1.07. The molecule has 2 aromatic rings. The Balaban J connectivity index is 1.81. The van der Waals surface area contributed by atoms with Crippen molar-refractivity contribution in [2.24, 2.45) is 0 Å². The molecule has 9 nitrogen and oxygen atoms in total. The Kier molecular flexibility index (Phi) is 8.05. The lowest BCUT2D eigenvalue weighted by atomic mass is 9.94. The number of carbonyl (C=O) groups excluding carboxylic acids is 1. The summed E-state index contributed by atoms with van der Waals surface area (Å²) in [7, 11) is 4.54. The van der Waals surface area contributed by atoms with Gasteiger partial charge < -0.3 is 29.0 Å². The van der Waals surface area contributed by atoms with Crippen molar-refractivity contribution in [2.75, 3.05) is 44.7 Å². The number of rotatable bonds is 8. The molecule has 2 aliphatic rings. The first-order valence-corrected chi connectivity index (χ1v) is 12.7. The number of hydrogen-bond donors (Lipinski definition) is 1. The van der Waals surface area contributed by atoms with Crippen molar-refractivity contribution in [1.29, 1.82) is 0 Å². The minimum absolute atomic E-state index is 0.197. The molecule has 0 fully saturated rings. The van der Waals surface area contributed by atoms with Gasteiger partial charge in [0.2, 0.25) is 0 Å². The zero-order chi connectivity index (χ0) is 25.8. The number of anilines is 1. The summed E-state index contributed by atoms with van der Waals surface area (Å²) in [5, 5.41) is 11.0. The van der Waals surface area contributed by atoms with Gasteiger partial charge >= 0.3 is 6.09 Å². The fraction of sp³-hybridized carbons (Fsp3) is 0.385. The summed E-state index contributed by atoms with van der Waals surface area (Å²) < 4.78 is 22.3. The third-order valence-electron chi connectivity index (χ3n) is 6.38. The van der Waals surface area contributed by atoms with Crippen molar-refractivity contribution < 1.29 is 33.6 Å². The van der Waals surface area contributed by atoms with E-state index in [9.17, 15) is 14.7 Å². The Morgan fingerprint density at radius 2 is 1.86 bits per heavy atom. The van der Waals surface area contributed by atoms with Gasteiger partial charge in [-0.15, -0.1) is 0 Å². The van der Waals surface area contributed by atoms with Gasteiger partial charge in [0.25, 0.3) is 5.91 Å². The minimum Gasteiger partial charge on any atom is -0.497 e. The van der Waals surface area contributed by atoms with Crippen molar-refractivity contribution in [2.45, 2.75) is 25.1 Å². The number of amides is 2. The van der Waals surface area contributed by atoms with Crippen LogP contribution >= 0.6 is 15.9 Å². The number of carbonyl (C=O) groups is 2. The topological polar surface area (TPSA) is 97.8 Å². The molecule has 0 aliphatic carbocycles. The Hall–Kier alpha value is -3.24. The normalized spacial score (nSPS) is 19.1. The van der Waals surface area contributed by atoms with Crippen LogP contribution in [0.2, 0.25) is 0 Å². The SMILES string of the molecule is COc1ccc(C2=C[C@H]3C(OC)N(C(=O)O)c4cc(OCCCBr)c(OC)cc4C(=O)N3CC2)cc1. The molecule has 192 valence electrons. The number of halogens is 1. The molecule has 2 amide bonds. The highest BCUT2D eigenvalue weighted by Crippen LogP contribution is 2.41. The molecule has 0 spiro atoms. The molecule has 0 saturated heterocycles. The van der Waals surface area contributed by atoms with E-state index in [0.29, 0.717) is 31.1 Å². The fourth-order valence-corrected chi connectivity index (χ4v) is 4.85. The van der Waals surface area contributed by atoms with Gasteiger partial charge in [0.15, 0.2) is 17.7 Å². The second kappa shape index (κ2) is 11.2. The average molecular weight is 561 g/mol. The van der Waals surface area contributed by atoms with E-state index in [-0.39, 0.29) is 17.2 Å². The Morgan fingerprint density at radius 3 is 2.47 bits per heavy atom. The highest BCUT2D eigenvalue weighted by molar-refractivity contribution is 9.09. The standard InChI is InChI=1S/C26H29BrN2O7/c1-33-18-7-5-16(6-8-18)17-9-11-28-21(13-17)25(35-3)29(26(31)32)20-15-23(36-12-4-10-27)22(34-2)14-19(20)24(28)30/h5-8,13-15,21,25H,4,9-12H2,1-3H3,(H,31,32)/t21-,25?/m0/s1. The summed E-state index contributed by atoms with van der Waals surface area (Å²) in [4.78, 5) is 29.1. The zero-order valence-corrected chi connectivity index (χ0v) is 22.0. The molecule has 2 heterocycles. The lowest BCUT2D eigenvalue weighted by Gasteiger charge is -2.38. The largest absolute Gasteiger partial charge is 0.497 e. The molecule has 1 unspecified atom stereocenters. The molecule has 2 atom stereocenters. The van der Waals surface area contributed by atoms with Crippen molar-refractivity contribution in [3.63, 3.8) is 0 Å². The Bertz CT molecular complexity index is 1150. The molecule has 1 N–H and O–H groups in total. The molecule has 0 saturated carbocycles. The second-order valence-electron chi connectivity index (χ2n) is 8.35. The van der Waals surface area contributed by atoms with Crippen LogP contribution in [0.25, 0.3) is 5.57 Å². The molecule has 2 aromatic carbocycles. The predicted octanol–water partition coefficient (Wildman–Crippen LogP) is 4.64. The predicted molar refractivity (Wildman–Crippen MR) is 139 cm³/mol. The van der Waals surface area contributed by atoms with E-state index in [2.05, 4.69) is 15.9 Å². The number of nitrogens with zero attached hydrogens (tertiary/aromatic N) is 2. The number of benzene rings is 2. The third-order valence-corrected chi connectivity index (χ3v) is 6.94. The van der Waals surface area contributed by atoms with Crippen LogP contribution in [0, 0.1) is 0 Å². The molecule has 36 heavy (non-hydrogen) atoms. The second-order valence-corrected chi connectivity index (χ2v) is 9.14. The van der Waals surface area contributed by atoms with Crippen LogP contribution in [0.3, 0.4) is 0 Å². The number of alkyl halides is 1. The van der Waals surface area contributed by atoms with Crippen LogP contribution in [0.5, 0.6) is 17.2 Å². The lowest BCUT2D eigenvalue weighted by Crippen LogP contribution is -2.54. The van der Waals surface area contributed by atoms with Gasteiger partial charge in [0.1, 0.15) is 5.75 Å². The van der Waals surface area contributed by atoms with Crippen molar-refractivity contribution >= 4 is 39.2 Å². The zero-order valence-electron chi connectivity index (χ0n) is 20.4. The van der Waals surface area contributed by atoms with E-state index in [1.165, 1.54) is 14.2 Å². The molecule has 4 rings (SSSR count). The molecule has 0 radical (unpaired) electrons. The molecule has 2 aliphatic heterocycles. The van der Waals surface area contributed by atoms with Crippen LogP contribution in [0.15, 0.2) is 42.5 Å². The van der Waals surface area contributed by atoms with Crippen molar-refractivity contribution in [1.82, 2.24) is 4.90 Å². The van der Waals surface area contributed by atoms with Crippen LogP contribution in [-0.2, 0) is 4.74 Å². The summed E-state index contributed by atoms with van der Waals surface area (Å²) in [5.41, 5.74) is 2.39. The van der Waals surface area contributed by atoms with Crippen LogP contribution < -0.4 is 19.1 Å². The van der Waals surface area contributed by atoms with Gasteiger partial charge in [-0.3, -0.25) is 4.79 Å². The first-order chi connectivity index (χ1) is 17.4. The molecule has 0 bridgehead atoms. The van der Waals surface area contributed by atoms with Gasteiger partial charge in [0, 0.05) is 25.1 Å². The van der Waals surface area contributed by atoms with Crippen molar-refractivity contribution in [3.05, 3.63) is 53.6 Å². The van der Waals surface area contributed by atoms with Crippen molar-refractivity contribution in [3.8, 4) is 17.2 Å². The maximum Gasteiger partial charge on any atom is 0.414 e. The highest BCUT2D eigenvalue weighted by atomic mass is 79.9. The van der Waals surface area contributed by atoms with Gasteiger partial charge in [-0.1, -0.05) is 34.1 Å². The molecular weight excluding hydrogens is 532 g/mol. The number of ether oxygens (including phenoxy) is 4. The first kappa shape index (κ1) is 25.8. The average Bonchev–Trinajstić information content (AvgIpc) is 3.00. The number of carboxylic acid groups (broad SMARTS) is 1. The fourth-order valence-electron chi connectivity index (χ4n) is 4.62. The summed E-state index contributed by atoms with van der Waals surface area (Å²) in [6.45, 7) is 0.803. The molecule has 10 heteroatoms. The van der Waals surface area contributed by atoms with E-state index in [0.717, 1.165) is 33.5 Å². The van der Waals surface area contributed by atoms with E-state index in [1.807, 2.05) is 30.3 Å². The van der Waals surface area contributed by atoms with Gasteiger partial charge in [-0.25, -0.2) is 9.69 Å². The van der Waals surface area contributed by atoms with E-state index in [4.69, 9.17) is 18.9 Å². The van der Waals surface area contributed by atoms with Crippen LogP contribution in [0.4, 0.5) is 10.5 Å². The Morgan fingerprint density at radius 1 is 1.11 bits per heavy atom. The van der Waals surface area contributed by atoms with Crippen LogP contribution in [-0.4, -0.2) is 74.1 Å². The monoisotopic (exact) mass is 560 g/mol. The summed E-state index contributed by atoms with van der Waals surface area (Å²) >= 11 is 3.37. The maximum atomic E-state index is 13.8. The summed E-state index contributed by atoms with van der Waals surface area (Å²) in [6, 6.07) is 10.1. The van der Waals surface area contributed by atoms with E-state index in [1.54, 1.807) is 24.1 Å². The highest BCUT2D eigenvalue weighted by Gasteiger charge is 2.44. The minimum atomic E-state index is -1.24. The molecular formula is C26H29BrN2O7. The van der Waals surface area contributed by atoms with E-state index < -0.39 is 18.4 Å². The maximum absolute atomic E-state index is 13.8.